The third-order valence-corrected chi connectivity index (χ3v) is 5.44. The topological polar surface area (TPSA) is 68.3 Å². The van der Waals surface area contributed by atoms with Crippen molar-refractivity contribution in [2.75, 3.05) is 6.61 Å². The second kappa shape index (κ2) is 8.43. The lowest BCUT2D eigenvalue weighted by molar-refractivity contribution is -0.124. The molecule has 0 aliphatic heterocycles. The van der Waals surface area contributed by atoms with Gasteiger partial charge in [0.15, 0.2) is 6.61 Å². The molecule has 1 aliphatic rings. The number of aryl methyl sites for hydroxylation is 2. The lowest BCUT2D eigenvalue weighted by Gasteiger charge is -2.20. The van der Waals surface area contributed by atoms with E-state index in [1.54, 1.807) is 18.3 Å². The minimum atomic E-state index is -0.550. The van der Waals surface area contributed by atoms with E-state index < -0.39 is 5.97 Å². The molecule has 1 atom stereocenters. The first kappa shape index (κ1) is 19.1. The number of nitrogens with zero attached hydrogens (tertiary/aromatic N) is 1. The summed E-state index contributed by atoms with van der Waals surface area (Å²) in [5, 5.41) is 3.77. The van der Waals surface area contributed by atoms with E-state index in [1.165, 1.54) is 24.0 Å². The van der Waals surface area contributed by atoms with E-state index in [4.69, 9.17) is 4.74 Å². The molecule has 0 unspecified atom stereocenters. The molecule has 1 N–H and O–H groups in total. The summed E-state index contributed by atoms with van der Waals surface area (Å²) in [6, 6.07) is 15.3. The number of aromatic nitrogens is 1. The van der Waals surface area contributed by atoms with Gasteiger partial charge in [-0.15, -0.1) is 0 Å². The van der Waals surface area contributed by atoms with E-state index in [9.17, 15) is 9.59 Å². The van der Waals surface area contributed by atoms with Crippen molar-refractivity contribution in [2.24, 2.45) is 0 Å². The lowest BCUT2D eigenvalue weighted by atomic mass is 9.89. The molecular formula is C24H24N2O3. The number of ether oxygens (including phenoxy) is 1. The van der Waals surface area contributed by atoms with Crippen molar-refractivity contribution in [3.8, 4) is 0 Å². The maximum absolute atomic E-state index is 12.4. The van der Waals surface area contributed by atoms with Gasteiger partial charge in [-0.05, 0) is 61.4 Å². The standard InChI is InChI=1S/C24H24N2O3/c1-16(19-12-11-17-6-2-3-7-20(17)14-19)26-22(27)15-29-24(28)21-10-4-8-18-9-5-13-25-23(18)21/h4-5,8-14,16H,2-3,6-7,15H2,1H3,(H,26,27)/t16-/m0/s1. The molecule has 4 rings (SSSR count). The van der Waals surface area contributed by atoms with Gasteiger partial charge in [-0.1, -0.05) is 36.4 Å². The largest absolute Gasteiger partial charge is 0.452 e. The van der Waals surface area contributed by atoms with Crippen LogP contribution in [-0.2, 0) is 22.4 Å². The van der Waals surface area contributed by atoms with Gasteiger partial charge >= 0.3 is 5.97 Å². The molecule has 1 amide bonds. The highest BCUT2D eigenvalue weighted by atomic mass is 16.5. The maximum atomic E-state index is 12.4. The Balaban J connectivity index is 1.36. The summed E-state index contributed by atoms with van der Waals surface area (Å²) in [5.41, 5.74) is 4.80. The number of benzene rings is 2. The van der Waals surface area contributed by atoms with Crippen LogP contribution in [0.4, 0.5) is 0 Å². The van der Waals surface area contributed by atoms with Crippen LogP contribution in [0.15, 0.2) is 54.7 Å². The number of hydrogen-bond acceptors (Lipinski definition) is 4. The van der Waals surface area contributed by atoms with E-state index >= 15 is 0 Å². The zero-order chi connectivity index (χ0) is 20.2. The normalized spacial score (nSPS) is 14.1. The Labute approximate surface area is 170 Å². The summed E-state index contributed by atoms with van der Waals surface area (Å²) < 4.78 is 5.23. The summed E-state index contributed by atoms with van der Waals surface area (Å²) in [7, 11) is 0. The number of hydrogen-bond donors (Lipinski definition) is 1. The first-order valence-corrected chi connectivity index (χ1v) is 10.0. The van der Waals surface area contributed by atoms with Gasteiger partial charge in [0.25, 0.3) is 5.91 Å². The molecule has 0 bridgehead atoms. The number of rotatable bonds is 5. The summed E-state index contributed by atoms with van der Waals surface area (Å²) in [6.07, 6.45) is 6.33. The van der Waals surface area contributed by atoms with Crippen LogP contribution < -0.4 is 5.32 Å². The monoisotopic (exact) mass is 388 g/mol. The van der Waals surface area contributed by atoms with Gasteiger partial charge < -0.3 is 10.1 Å². The predicted molar refractivity (Wildman–Crippen MR) is 112 cm³/mol. The van der Waals surface area contributed by atoms with E-state index in [0.717, 1.165) is 23.8 Å². The third kappa shape index (κ3) is 4.29. The molecular weight excluding hydrogens is 364 g/mol. The molecule has 1 aromatic heterocycles. The summed E-state index contributed by atoms with van der Waals surface area (Å²) >= 11 is 0. The highest BCUT2D eigenvalue weighted by Gasteiger charge is 2.17. The van der Waals surface area contributed by atoms with Gasteiger partial charge in [0.05, 0.1) is 17.1 Å². The molecule has 0 saturated heterocycles. The molecule has 0 radical (unpaired) electrons. The molecule has 1 aliphatic carbocycles. The maximum Gasteiger partial charge on any atom is 0.340 e. The second-order valence-corrected chi connectivity index (χ2v) is 7.48. The average molecular weight is 388 g/mol. The fourth-order valence-electron chi connectivity index (χ4n) is 3.87. The molecule has 1 heterocycles. The Bertz CT molecular complexity index is 1060. The zero-order valence-corrected chi connectivity index (χ0v) is 16.5. The van der Waals surface area contributed by atoms with Crippen LogP contribution in [0.25, 0.3) is 10.9 Å². The van der Waals surface area contributed by atoms with Gasteiger partial charge in [0.1, 0.15) is 0 Å². The third-order valence-electron chi connectivity index (χ3n) is 5.44. The first-order chi connectivity index (χ1) is 14.1. The zero-order valence-electron chi connectivity index (χ0n) is 16.5. The number of esters is 1. The Kier molecular flexibility index (Phi) is 5.56. The first-order valence-electron chi connectivity index (χ1n) is 10.0. The predicted octanol–water partition coefficient (Wildman–Crippen LogP) is 4.15. The SMILES string of the molecule is C[C@H](NC(=O)COC(=O)c1cccc2cccnc12)c1ccc2c(c1)CCCC2. The summed E-state index contributed by atoms with van der Waals surface area (Å²) in [4.78, 5) is 29.0. The van der Waals surface area contributed by atoms with Crippen LogP contribution in [-0.4, -0.2) is 23.5 Å². The Hall–Kier alpha value is -3.21. The minimum Gasteiger partial charge on any atom is -0.452 e. The van der Waals surface area contributed by atoms with Crippen molar-refractivity contribution in [1.29, 1.82) is 0 Å². The van der Waals surface area contributed by atoms with Crippen LogP contribution in [0, 0.1) is 0 Å². The number of fused-ring (bicyclic) bond motifs is 2. The van der Waals surface area contributed by atoms with Crippen LogP contribution in [0.2, 0.25) is 0 Å². The molecule has 5 nitrogen and oxygen atoms in total. The van der Waals surface area contributed by atoms with Gasteiger partial charge in [-0.25, -0.2) is 4.79 Å². The summed E-state index contributed by atoms with van der Waals surface area (Å²) in [5.74, 6) is -0.873. The molecule has 0 spiro atoms. The molecule has 0 saturated carbocycles. The van der Waals surface area contributed by atoms with Crippen molar-refractivity contribution in [1.82, 2.24) is 10.3 Å². The quantitative estimate of drug-likeness (QED) is 0.667. The number of amides is 1. The van der Waals surface area contributed by atoms with Gasteiger partial charge in [0.2, 0.25) is 0 Å². The average Bonchev–Trinajstić information content (AvgIpc) is 2.76. The number of carbonyl (C=O) groups excluding carboxylic acids is 2. The van der Waals surface area contributed by atoms with Crippen LogP contribution in [0.3, 0.4) is 0 Å². The van der Waals surface area contributed by atoms with Crippen molar-refractivity contribution in [2.45, 2.75) is 38.6 Å². The Morgan fingerprint density at radius 1 is 1.07 bits per heavy atom. The van der Waals surface area contributed by atoms with E-state index in [-0.39, 0.29) is 18.6 Å². The molecule has 0 fully saturated rings. The van der Waals surface area contributed by atoms with Gasteiger partial charge in [-0.3, -0.25) is 9.78 Å². The number of nitrogens with one attached hydrogen (secondary N) is 1. The molecule has 2 aromatic carbocycles. The Morgan fingerprint density at radius 3 is 2.72 bits per heavy atom. The Morgan fingerprint density at radius 2 is 1.86 bits per heavy atom. The van der Waals surface area contributed by atoms with E-state index in [1.807, 2.05) is 25.1 Å². The summed E-state index contributed by atoms with van der Waals surface area (Å²) in [6.45, 7) is 1.62. The fourth-order valence-corrected chi connectivity index (χ4v) is 3.87. The van der Waals surface area contributed by atoms with Crippen molar-refractivity contribution in [3.05, 3.63) is 77.0 Å². The molecule has 3 aromatic rings. The van der Waals surface area contributed by atoms with Crippen LogP contribution in [0.5, 0.6) is 0 Å². The number of carbonyl (C=O) groups is 2. The number of para-hydroxylation sites is 1. The lowest BCUT2D eigenvalue weighted by Crippen LogP contribution is -2.31. The molecule has 148 valence electrons. The smallest absolute Gasteiger partial charge is 0.340 e. The van der Waals surface area contributed by atoms with Gasteiger partial charge in [0, 0.05) is 11.6 Å². The van der Waals surface area contributed by atoms with Crippen molar-refractivity contribution >= 4 is 22.8 Å². The molecule has 5 heteroatoms. The van der Waals surface area contributed by atoms with Crippen molar-refractivity contribution in [3.63, 3.8) is 0 Å². The highest BCUT2D eigenvalue weighted by Crippen LogP contribution is 2.24. The van der Waals surface area contributed by atoms with Gasteiger partial charge in [-0.2, -0.15) is 0 Å². The van der Waals surface area contributed by atoms with E-state index in [0.29, 0.717) is 11.1 Å². The number of pyridine rings is 1. The second-order valence-electron chi connectivity index (χ2n) is 7.48. The van der Waals surface area contributed by atoms with Crippen LogP contribution in [0.1, 0.15) is 52.9 Å². The molecule has 29 heavy (non-hydrogen) atoms. The van der Waals surface area contributed by atoms with E-state index in [2.05, 4.69) is 28.5 Å². The minimum absolute atomic E-state index is 0.146. The highest BCUT2D eigenvalue weighted by molar-refractivity contribution is 6.03. The van der Waals surface area contributed by atoms with Crippen LogP contribution >= 0.6 is 0 Å². The van der Waals surface area contributed by atoms with Crippen molar-refractivity contribution < 1.29 is 14.3 Å². The fraction of sp³-hybridized carbons (Fsp3) is 0.292.